The maximum atomic E-state index is 4.31. The molecular weight excluding hydrogens is 244 g/mol. The first-order valence-corrected chi connectivity index (χ1v) is 7.51. The van der Waals surface area contributed by atoms with E-state index in [4.69, 9.17) is 0 Å². The second-order valence-electron chi connectivity index (χ2n) is 7.13. The summed E-state index contributed by atoms with van der Waals surface area (Å²) in [6, 6.07) is 4.27. The molecule has 0 aromatic carbocycles. The first-order chi connectivity index (χ1) is 9.42. The smallest absolute Gasteiger partial charge is 0.0270 e. The summed E-state index contributed by atoms with van der Waals surface area (Å²) in [5.41, 5.74) is 1.86. The monoisotopic (exact) mass is 270 g/mol. The number of hydrogen-bond acceptors (Lipinski definition) is 2. The first-order valence-electron chi connectivity index (χ1n) is 7.51. The molecule has 0 bridgehead atoms. The molecule has 0 saturated heterocycles. The van der Waals surface area contributed by atoms with Gasteiger partial charge in [-0.05, 0) is 47.8 Å². The van der Waals surface area contributed by atoms with Crippen LogP contribution in [0, 0.1) is 11.3 Å². The molecule has 2 nitrogen and oxygen atoms in total. The number of aromatic nitrogens is 1. The van der Waals surface area contributed by atoms with Crippen LogP contribution in [-0.4, -0.2) is 11.2 Å². The Kier molecular flexibility index (Phi) is 4.42. The zero-order valence-corrected chi connectivity index (χ0v) is 13.1. The summed E-state index contributed by atoms with van der Waals surface area (Å²) in [4.78, 5) is 8.43. The van der Waals surface area contributed by atoms with Gasteiger partial charge < -0.3 is 0 Å². The number of rotatable bonds is 5. The van der Waals surface area contributed by atoms with Crippen LogP contribution in [0.3, 0.4) is 0 Å². The van der Waals surface area contributed by atoms with E-state index in [0.717, 1.165) is 6.42 Å². The molecule has 1 aromatic heterocycles. The van der Waals surface area contributed by atoms with Crippen molar-refractivity contribution in [2.75, 3.05) is 0 Å². The lowest BCUT2D eigenvalue weighted by Crippen LogP contribution is -2.29. The highest BCUT2D eigenvalue weighted by Crippen LogP contribution is 2.39. The van der Waals surface area contributed by atoms with Gasteiger partial charge in [0.25, 0.3) is 0 Å². The lowest BCUT2D eigenvalue weighted by Gasteiger charge is -2.36. The van der Waals surface area contributed by atoms with Crippen LogP contribution in [0.15, 0.2) is 41.8 Å². The van der Waals surface area contributed by atoms with Crippen LogP contribution in [-0.2, 0) is 5.41 Å². The van der Waals surface area contributed by atoms with Gasteiger partial charge in [-0.15, -0.1) is 0 Å². The summed E-state index contributed by atoms with van der Waals surface area (Å²) in [6.07, 6.45) is 13.5. The maximum Gasteiger partial charge on any atom is 0.0270 e. The molecule has 1 aliphatic heterocycles. The summed E-state index contributed by atoms with van der Waals surface area (Å²) in [6.45, 7) is 9.39. The minimum atomic E-state index is 0.196. The third-order valence-corrected chi connectivity index (χ3v) is 4.71. The number of aliphatic imine (C=N–C) groups is 1. The van der Waals surface area contributed by atoms with E-state index >= 15 is 0 Å². The minimum Gasteiger partial charge on any atom is -0.269 e. The highest BCUT2D eigenvalue weighted by Gasteiger charge is 2.31. The molecular formula is C18H26N2. The Balaban J connectivity index is 2.00. The average molecular weight is 270 g/mol. The summed E-state index contributed by atoms with van der Waals surface area (Å²) < 4.78 is 0. The van der Waals surface area contributed by atoms with E-state index in [9.17, 15) is 0 Å². The fourth-order valence-electron chi connectivity index (χ4n) is 2.77. The van der Waals surface area contributed by atoms with Crippen LogP contribution in [0.4, 0.5) is 0 Å². The quantitative estimate of drug-likeness (QED) is 0.756. The van der Waals surface area contributed by atoms with Crippen LogP contribution >= 0.6 is 0 Å². The van der Waals surface area contributed by atoms with E-state index in [1.165, 1.54) is 18.4 Å². The fraction of sp³-hybridized carbons (Fsp3) is 0.556. The standard InChI is InChI=1S/C18H26N2/c1-17(2,15-7-12-19-13-8-15)9-10-18(3,4)16-6-5-11-20-14-16/h5,7-8,11-14,16H,6,9-10H2,1-4H3. The van der Waals surface area contributed by atoms with Crippen LogP contribution in [0.5, 0.6) is 0 Å². The predicted octanol–water partition coefficient (Wildman–Crippen LogP) is 4.77. The number of pyridine rings is 1. The molecule has 2 heterocycles. The van der Waals surface area contributed by atoms with Crippen molar-refractivity contribution in [2.24, 2.45) is 16.3 Å². The maximum absolute atomic E-state index is 4.31. The van der Waals surface area contributed by atoms with Crippen molar-refractivity contribution in [3.8, 4) is 0 Å². The lowest BCUT2D eigenvalue weighted by molar-refractivity contribution is 0.229. The van der Waals surface area contributed by atoms with Gasteiger partial charge in [0, 0.05) is 30.7 Å². The van der Waals surface area contributed by atoms with Gasteiger partial charge in [0.1, 0.15) is 0 Å². The van der Waals surface area contributed by atoms with Crippen molar-refractivity contribution in [3.05, 3.63) is 42.4 Å². The second kappa shape index (κ2) is 5.90. The molecule has 0 aliphatic carbocycles. The van der Waals surface area contributed by atoms with E-state index in [-0.39, 0.29) is 5.41 Å². The third-order valence-electron chi connectivity index (χ3n) is 4.71. The van der Waals surface area contributed by atoms with E-state index in [2.05, 4.69) is 62.1 Å². The Morgan fingerprint density at radius 1 is 1.10 bits per heavy atom. The first kappa shape index (κ1) is 15.0. The molecule has 0 radical (unpaired) electrons. The zero-order valence-electron chi connectivity index (χ0n) is 13.1. The molecule has 1 aromatic rings. The van der Waals surface area contributed by atoms with Crippen molar-refractivity contribution >= 4 is 6.21 Å². The Hall–Kier alpha value is -1.44. The molecule has 0 fully saturated rings. The van der Waals surface area contributed by atoms with Gasteiger partial charge in [-0.1, -0.05) is 33.8 Å². The zero-order chi connectivity index (χ0) is 14.6. The largest absolute Gasteiger partial charge is 0.269 e. The summed E-state index contributed by atoms with van der Waals surface area (Å²) in [7, 11) is 0. The molecule has 0 N–H and O–H groups in total. The SMILES string of the molecule is CC(C)(CCC(C)(C)C1C=NC=CC1)c1ccncc1. The van der Waals surface area contributed by atoms with Crippen molar-refractivity contribution < 1.29 is 0 Å². The van der Waals surface area contributed by atoms with Gasteiger partial charge in [-0.3, -0.25) is 9.98 Å². The predicted molar refractivity (Wildman–Crippen MR) is 86.0 cm³/mol. The van der Waals surface area contributed by atoms with Crippen molar-refractivity contribution in [3.63, 3.8) is 0 Å². The highest BCUT2D eigenvalue weighted by molar-refractivity contribution is 5.64. The van der Waals surface area contributed by atoms with E-state index in [1.807, 2.05) is 18.6 Å². The number of nitrogens with zero attached hydrogens (tertiary/aromatic N) is 2. The van der Waals surface area contributed by atoms with Crippen molar-refractivity contribution in [2.45, 2.75) is 52.4 Å². The third kappa shape index (κ3) is 3.56. The van der Waals surface area contributed by atoms with Gasteiger partial charge in [-0.2, -0.15) is 0 Å². The van der Waals surface area contributed by atoms with Gasteiger partial charge in [-0.25, -0.2) is 0 Å². The molecule has 1 unspecified atom stereocenters. The minimum absolute atomic E-state index is 0.196. The van der Waals surface area contributed by atoms with Crippen LogP contribution in [0.2, 0.25) is 0 Å². The number of hydrogen-bond donors (Lipinski definition) is 0. The molecule has 108 valence electrons. The molecule has 2 heteroatoms. The van der Waals surface area contributed by atoms with E-state index in [0.29, 0.717) is 11.3 Å². The Morgan fingerprint density at radius 2 is 1.80 bits per heavy atom. The fourth-order valence-corrected chi connectivity index (χ4v) is 2.77. The average Bonchev–Trinajstić information content (AvgIpc) is 2.47. The Morgan fingerprint density at radius 3 is 2.40 bits per heavy atom. The summed E-state index contributed by atoms with van der Waals surface area (Å²) >= 11 is 0. The van der Waals surface area contributed by atoms with Gasteiger partial charge in [0.15, 0.2) is 0 Å². The van der Waals surface area contributed by atoms with E-state index < -0.39 is 0 Å². The highest BCUT2D eigenvalue weighted by atomic mass is 14.7. The molecule has 0 amide bonds. The summed E-state index contributed by atoms with van der Waals surface area (Å²) in [5, 5.41) is 0. The number of allylic oxidation sites excluding steroid dienone is 1. The molecule has 1 atom stereocenters. The van der Waals surface area contributed by atoms with Crippen molar-refractivity contribution in [1.29, 1.82) is 0 Å². The van der Waals surface area contributed by atoms with Crippen LogP contribution < -0.4 is 0 Å². The van der Waals surface area contributed by atoms with E-state index in [1.54, 1.807) is 0 Å². The Bertz CT molecular complexity index is 483. The lowest BCUT2D eigenvalue weighted by atomic mass is 9.69. The van der Waals surface area contributed by atoms with Gasteiger partial charge in [0.05, 0.1) is 0 Å². The molecule has 1 aliphatic rings. The second-order valence-corrected chi connectivity index (χ2v) is 7.13. The van der Waals surface area contributed by atoms with Crippen LogP contribution in [0.25, 0.3) is 0 Å². The van der Waals surface area contributed by atoms with Crippen LogP contribution in [0.1, 0.15) is 52.5 Å². The van der Waals surface area contributed by atoms with Crippen molar-refractivity contribution in [1.82, 2.24) is 4.98 Å². The van der Waals surface area contributed by atoms with Gasteiger partial charge >= 0.3 is 0 Å². The summed E-state index contributed by atoms with van der Waals surface area (Å²) in [5.74, 6) is 0.556. The molecule has 0 spiro atoms. The molecule has 0 saturated carbocycles. The molecule has 20 heavy (non-hydrogen) atoms. The normalized spacial score (nSPS) is 19.3. The van der Waals surface area contributed by atoms with Gasteiger partial charge in [0.2, 0.25) is 0 Å². The Labute approximate surface area is 123 Å². The molecule has 2 rings (SSSR count). The topological polar surface area (TPSA) is 25.2 Å².